The summed E-state index contributed by atoms with van der Waals surface area (Å²) in [6, 6.07) is 0.620. The molecule has 3 unspecified atom stereocenters. The maximum absolute atomic E-state index is 6.19. The lowest BCUT2D eigenvalue weighted by Gasteiger charge is -2.50. The molecule has 0 aromatic carbocycles. The van der Waals surface area contributed by atoms with Crippen LogP contribution in [0.3, 0.4) is 0 Å². The van der Waals surface area contributed by atoms with E-state index in [2.05, 4.69) is 39.0 Å². The van der Waals surface area contributed by atoms with E-state index < -0.39 is 0 Å². The fraction of sp³-hybridized carbons (Fsp3) is 1.00. The van der Waals surface area contributed by atoms with Gasteiger partial charge in [0.05, 0.1) is 0 Å². The molecule has 0 saturated heterocycles. The second kappa shape index (κ2) is 7.16. The molecule has 1 saturated carbocycles. The minimum atomic E-state index is 0.252. The lowest BCUT2D eigenvalue weighted by Crippen LogP contribution is -2.58. The first-order valence-electron chi connectivity index (χ1n) is 7.38. The highest BCUT2D eigenvalue weighted by Crippen LogP contribution is 2.39. The van der Waals surface area contributed by atoms with Crippen LogP contribution in [0, 0.1) is 11.8 Å². The summed E-state index contributed by atoms with van der Waals surface area (Å²) in [6.07, 6.45) is 7.50. The maximum atomic E-state index is 6.19. The van der Waals surface area contributed by atoms with Crippen LogP contribution in [0.5, 0.6) is 0 Å². The highest BCUT2D eigenvalue weighted by atomic mass is 32.2. The number of nitrogens with two attached hydrogens (primary N) is 1. The molecule has 1 fully saturated rings. The first-order chi connectivity index (χ1) is 8.46. The predicted octanol–water partition coefficient (Wildman–Crippen LogP) is 3.21. The van der Waals surface area contributed by atoms with Crippen molar-refractivity contribution in [1.29, 1.82) is 0 Å². The molecule has 0 spiro atoms. The molecule has 2 N–H and O–H groups in total. The zero-order chi connectivity index (χ0) is 13.8. The topological polar surface area (TPSA) is 29.3 Å². The van der Waals surface area contributed by atoms with Crippen molar-refractivity contribution in [2.24, 2.45) is 17.6 Å². The van der Waals surface area contributed by atoms with Crippen LogP contribution in [-0.2, 0) is 0 Å². The summed E-state index contributed by atoms with van der Waals surface area (Å²) in [5.74, 6) is 2.84. The first-order valence-corrected chi connectivity index (χ1v) is 8.78. The number of hydrogen-bond donors (Lipinski definition) is 1. The van der Waals surface area contributed by atoms with Gasteiger partial charge in [-0.25, -0.2) is 0 Å². The number of likely N-dealkylation sites (N-methyl/N-ethyl adjacent to an activating group) is 1. The van der Waals surface area contributed by atoms with Crippen LogP contribution in [-0.4, -0.2) is 42.1 Å². The summed E-state index contributed by atoms with van der Waals surface area (Å²) in [6.45, 7) is 7.88. The van der Waals surface area contributed by atoms with Crippen molar-refractivity contribution in [2.75, 3.05) is 25.6 Å². The van der Waals surface area contributed by atoms with Gasteiger partial charge in [0.1, 0.15) is 0 Å². The second-order valence-electron chi connectivity index (χ2n) is 6.44. The van der Waals surface area contributed by atoms with E-state index in [1.165, 1.54) is 31.4 Å². The SMILES string of the molecule is CSCC(C)N(C)C1(CN)CCCC(C(C)C)C1. The summed E-state index contributed by atoms with van der Waals surface area (Å²) >= 11 is 1.94. The molecule has 0 aliphatic heterocycles. The third-order valence-corrected chi connectivity index (χ3v) is 5.81. The Bertz CT molecular complexity index is 245. The Kier molecular flexibility index (Phi) is 6.49. The Hall–Kier alpha value is 0.270. The Labute approximate surface area is 118 Å². The van der Waals surface area contributed by atoms with Crippen LogP contribution in [0.15, 0.2) is 0 Å². The van der Waals surface area contributed by atoms with Crippen LogP contribution in [0.4, 0.5) is 0 Å². The van der Waals surface area contributed by atoms with Crippen molar-refractivity contribution in [3.8, 4) is 0 Å². The molecule has 108 valence electrons. The van der Waals surface area contributed by atoms with Gasteiger partial charge in [-0.05, 0) is 44.9 Å². The van der Waals surface area contributed by atoms with Crippen molar-refractivity contribution in [1.82, 2.24) is 4.90 Å². The molecule has 18 heavy (non-hydrogen) atoms. The average molecular weight is 273 g/mol. The molecule has 0 radical (unpaired) electrons. The van der Waals surface area contributed by atoms with Crippen LogP contribution in [0.2, 0.25) is 0 Å². The summed E-state index contributed by atoms with van der Waals surface area (Å²) in [5.41, 5.74) is 6.44. The van der Waals surface area contributed by atoms with E-state index in [1.807, 2.05) is 11.8 Å². The molecule has 1 aliphatic rings. The predicted molar refractivity (Wildman–Crippen MR) is 84.2 cm³/mol. The molecular weight excluding hydrogens is 240 g/mol. The van der Waals surface area contributed by atoms with Gasteiger partial charge in [-0.2, -0.15) is 11.8 Å². The summed E-state index contributed by atoms with van der Waals surface area (Å²) < 4.78 is 0. The van der Waals surface area contributed by atoms with Gasteiger partial charge in [-0.3, -0.25) is 4.90 Å². The molecule has 3 atom stereocenters. The lowest BCUT2D eigenvalue weighted by atomic mass is 9.70. The van der Waals surface area contributed by atoms with E-state index in [1.54, 1.807) is 0 Å². The highest BCUT2D eigenvalue weighted by molar-refractivity contribution is 7.98. The molecule has 0 bridgehead atoms. The van der Waals surface area contributed by atoms with Crippen molar-refractivity contribution < 1.29 is 0 Å². The maximum Gasteiger partial charge on any atom is 0.0334 e. The second-order valence-corrected chi connectivity index (χ2v) is 7.35. The van der Waals surface area contributed by atoms with Gasteiger partial charge < -0.3 is 5.73 Å². The molecule has 1 rings (SSSR count). The van der Waals surface area contributed by atoms with E-state index in [0.717, 1.165) is 18.4 Å². The molecular formula is C15H32N2S. The Morgan fingerprint density at radius 2 is 2.06 bits per heavy atom. The van der Waals surface area contributed by atoms with E-state index in [9.17, 15) is 0 Å². The molecule has 0 aromatic rings. The quantitative estimate of drug-likeness (QED) is 0.805. The standard InChI is InChI=1S/C15H32N2S/c1-12(2)14-7-6-8-15(9-14,11-16)17(4)13(3)10-18-5/h12-14H,6-11,16H2,1-5H3. The van der Waals surface area contributed by atoms with Crippen LogP contribution in [0.1, 0.15) is 46.5 Å². The Balaban J connectivity index is 2.77. The van der Waals surface area contributed by atoms with Crippen molar-refractivity contribution in [3.05, 3.63) is 0 Å². The number of nitrogens with zero attached hydrogens (tertiary/aromatic N) is 1. The number of hydrogen-bond acceptors (Lipinski definition) is 3. The molecule has 3 heteroatoms. The third-order valence-electron chi connectivity index (χ3n) is 5.00. The average Bonchev–Trinajstić information content (AvgIpc) is 2.38. The normalized spacial score (nSPS) is 31.0. The van der Waals surface area contributed by atoms with E-state index in [-0.39, 0.29) is 5.54 Å². The van der Waals surface area contributed by atoms with Crippen molar-refractivity contribution in [2.45, 2.75) is 58.0 Å². The molecule has 0 heterocycles. The third kappa shape index (κ3) is 3.64. The van der Waals surface area contributed by atoms with Gasteiger partial charge in [0, 0.05) is 23.9 Å². The molecule has 1 aliphatic carbocycles. The summed E-state index contributed by atoms with van der Waals surface area (Å²) in [4.78, 5) is 2.58. The fourth-order valence-corrected chi connectivity index (χ4v) is 4.13. The largest absolute Gasteiger partial charge is 0.329 e. The van der Waals surface area contributed by atoms with Gasteiger partial charge in [0.25, 0.3) is 0 Å². The van der Waals surface area contributed by atoms with E-state index in [0.29, 0.717) is 6.04 Å². The first kappa shape index (κ1) is 16.3. The van der Waals surface area contributed by atoms with Gasteiger partial charge in [0.15, 0.2) is 0 Å². The summed E-state index contributed by atoms with van der Waals surface area (Å²) in [5, 5.41) is 0. The van der Waals surface area contributed by atoms with E-state index >= 15 is 0 Å². The van der Waals surface area contributed by atoms with Crippen molar-refractivity contribution >= 4 is 11.8 Å². The smallest absolute Gasteiger partial charge is 0.0334 e. The minimum Gasteiger partial charge on any atom is -0.329 e. The van der Waals surface area contributed by atoms with Gasteiger partial charge in [-0.1, -0.05) is 26.7 Å². The van der Waals surface area contributed by atoms with Gasteiger partial charge >= 0.3 is 0 Å². The van der Waals surface area contributed by atoms with Crippen LogP contribution >= 0.6 is 11.8 Å². The minimum absolute atomic E-state index is 0.252. The highest BCUT2D eigenvalue weighted by Gasteiger charge is 2.40. The zero-order valence-electron chi connectivity index (χ0n) is 12.9. The summed E-state index contributed by atoms with van der Waals surface area (Å²) in [7, 11) is 2.29. The lowest BCUT2D eigenvalue weighted by molar-refractivity contribution is 0.0258. The van der Waals surface area contributed by atoms with Gasteiger partial charge in [0.2, 0.25) is 0 Å². The molecule has 0 aromatic heterocycles. The Morgan fingerprint density at radius 1 is 1.39 bits per heavy atom. The zero-order valence-corrected chi connectivity index (χ0v) is 13.7. The number of rotatable bonds is 6. The monoisotopic (exact) mass is 272 g/mol. The van der Waals surface area contributed by atoms with E-state index in [4.69, 9.17) is 5.73 Å². The van der Waals surface area contributed by atoms with Gasteiger partial charge in [-0.15, -0.1) is 0 Å². The molecule has 0 amide bonds. The van der Waals surface area contributed by atoms with Crippen LogP contribution in [0.25, 0.3) is 0 Å². The van der Waals surface area contributed by atoms with Crippen LogP contribution < -0.4 is 5.73 Å². The van der Waals surface area contributed by atoms with Crippen molar-refractivity contribution in [3.63, 3.8) is 0 Å². The number of thioether (sulfide) groups is 1. The Morgan fingerprint density at radius 3 is 2.56 bits per heavy atom. The molecule has 2 nitrogen and oxygen atoms in total. The fourth-order valence-electron chi connectivity index (χ4n) is 3.42.